The summed E-state index contributed by atoms with van der Waals surface area (Å²) in [4.78, 5) is 26.4. The average Bonchev–Trinajstić information content (AvgIpc) is 2.72. The molecule has 0 aromatic heterocycles. The number of aliphatic imine (C=N–C) groups is 1. The summed E-state index contributed by atoms with van der Waals surface area (Å²) in [6.07, 6.45) is 1.05. The number of nitrogens with zero attached hydrogens (tertiary/aromatic N) is 1. The number of carbonyl (C=O) groups excluding carboxylic acids is 1. The molecule has 0 bridgehead atoms. The fraction of sp³-hybridized carbons (Fsp3) is 0.154. The minimum atomic E-state index is -1.24. The van der Waals surface area contributed by atoms with E-state index in [2.05, 4.69) is 4.99 Å². The van der Waals surface area contributed by atoms with E-state index in [1.165, 1.54) is 0 Å². The van der Waals surface area contributed by atoms with Crippen LogP contribution in [0.1, 0.15) is 16.8 Å². The van der Waals surface area contributed by atoms with E-state index in [9.17, 15) is 14.7 Å². The summed E-state index contributed by atoms with van der Waals surface area (Å²) in [6.45, 7) is 0. The van der Waals surface area contributed by atoms with Crippen molar-refractivity contribution in [1.29, 1.82) is 0 Å². The summed E-state index contributed by atoms with van der Waals surface area (Å²) in [5.74, 6) is -1.78. The van der Waals surface area contributed by atoms with Crippen molar-refractivity contribution in [3.8, 4) is 0 Å². The first-order valence-corrected chi connectivity index (χ1v) is 5.37. The second kappa shape index (κ2) is 4.83. The maximum absolute atomic E-state index is 11.9. The largest absolute Gasteiger partial charge is 0.509 e. The molecule has 1 aliphatic rings. The highest BCUT2D eigenvalue weighted by Gasteiger charge is 2.27. The van der Waals surface area contributed by atoms with Crippen molar-refractivity contribution in [2.75, 3.05) is 0 Å². The first-order valence-electron chi connectivity index (χ1n) is 5.37. The van der Waals surface area contributed by atoms with Gasteiger partial charge >= 0.3 is 5.97 Å². The van der Waals surface area contributed by atoms with Crippen LogP contribution in [0.5, 0.6) is 0 Å². The second-order valence-electron chi connectivity index (χ2n) is 3.89. The summed E-state index contributed by atoms with van der Waals surface area (Å²) in [7, 11) is 0. The van der Waals surface area contributed by atoms with Gasteiger partial charge in [-0.3, -0.25) is 9.79 Å². The molecule has 1 aromatic rings. The Labute approximate surface area is 103 Å². The lowest BCUT2D eigenvalue weighted by Gasteiger charge is -2.07. The number of aliphatic hydroxyl groups excluding tert-OH is 1. The molecule has 1 aromatic carbocycles. The predicted octanol–water partition coefficient (Wildman–Crippen LogP) is 1.61. The van der Waals surface area contributed by atoms with E-state index in [0.29, 0.717) is 5.56 Å². The molecule has 1 aliphatic heterocycles. The standard InChI is InChI=1S/C13H11NO4/c15-11(8-4-2-1-3-5-8)6-10-12(16)9(7-14-10)13(17)18/h1-5,7,10,16H,6H2,(H,17,18). The molecule has 0 aliphatic carbocycles. The van der Waals surface area contributed by atoms with Gasteiger partial charge in [-0.1, -0.05) is 30.3 Å². The molecule has 92 valence electrons. The van der Waals surface area contributed by atoms with Gasteiger partial charge in [0.1, 0.15) is 17.4 Å². The summed E-state index contributed by atoms with van der Waals surface area (Å²) >= 11 is 0. The van der Waals surface area contributed by atoms with Crippen molar-refractivity contribution >= 4 is 18.0 Å². The number of carboxylic acids is 1. The molecule has 1 unspecified atom stereocenters. The third-order valence-corrected chi connectivity index (χ3v) is 2.68. The van der Waals surface area contributed by atoms with Gasteiger partial charge < -0.3 is 10.2 Å². The smallest absolute Gasteiger partial charge is 0.340 e. The molecule has 0 saturated carbocycles. The Balaban J connectivity index is 2.11. The number of rotatable bonds is 4. The lowest BCUT2D eigenvalue weighted by molar-refractivity contribution is -0.132. The molecule has 5 heteroatoms. The van der Waals surface area contributed by atoms with Crippen LogP contribution in [0.15, 0.2) is 46.7 Å². The molecular weight excluding hydrogens is 234 g/mol. The predicted molar refractivity (Wildman–Crippen MR) is 65.0 cm³/mol. The van der Waals surface area contributed by atoms with Crippen LogP contribution >= 0.6 is 0 Å². The Hall–Kier alpha value is -2.43. The quantitative estimate of drug-likeness (QED) is 0.789. The van der Waals surface area contributed by atoms with Crippen LogP contribution in [0, 0.1) is 0 Å². The molecule has 0 fully saturated rings. The molecule has 0 amide bonds. The van der Waals surface area contributed by atoms with Crippen molar-refractivity contribution in [1.82, 2.24) is 0 Å². The number of benzene rings is 1. The van der Waals surface area contributed by atoms with Crippen molar-refractivity contribution < 1.29 is 19.8 Å². The zero-order valence-electron chi connectivity index (χ0n) is 9.41. The zero-order chi connectivity index (χ0) is 13.1. The third kappa shape index (κ3) is 2.29. The first kappa shape index (κ1) is 12.0. The normalized spacial score (nSPS) is 18.1. The van der Waals surface area contributed by atoms with Crippen LogP contribution in [0.4, 0.5) is 0 Å². The van der Waals surface area contributed by atoms with Crippen LogP contribution in [-0.4, -0.2) is 34.2 Å². The molecule has 0 spiro atoms. The van der Waals surface area contributed by atoms with E-state index in [1.807, 2.05) is 0 Å². The zero-order valence-corrected chi connectivity index (χ0v) is 9.41. The number of ketones is 1. The minimum absolute atomic E-state index is 0.0386. The van der Waals surface area contributed by atoms with Gasteiger partial charge in [0, 0.05) is 18.2 Å². The van der Waals surface area contributed by atoms with Crippen LogP contribution in [0.3, 0.4) is 0 Å². The highest BCUT2D eigenvalue weighted by molar-refractivity contribution is 6.11. The number of carboxylic acid groups (broad SMARTS) is 1. The van der Waals surface area contributed by atoms with Gasteiger partial charge in [0.05, 0.1) is 0 Å². The topological polar surface area (TPSA) is 87.0 Å². The number of hydrogen-bond acceptors (Lipinski definition) is 4. The van der Waals surface area contributed by atoms with Crippen molar-refractivity contribution in [2.45, 2.75) is 12.5 Å². The Kier molecular flexibility index (Phi) is 3.23. The van der Waals surface area contributed by atoms with Gasteiger partial charge in [-0.2, -0.15) is 0 Å². The summed E-state index contributed by atoms with van der Waals surface area (Å²) in [6, 6.07) is 7.82. The average molecular weight is 245 g/mol. The third-order valence-electron chi connectivity index (χ3n) is 2.68. The summed E-state index contributed by atoms with van der Waals surface area (Å²) < 4.78 is 0. The lowest BCUT2D eigenvalue weighted by Crippen LogP contribution is -2.14. The molecule has 18 heavy (non-hydrogen) atoms. The lowest BCUT2D eigenvalue weighted by atomic mass is 10.0. The Bertz CT molecular complexity index is 545. The van der Waals surface area contributed by atoms with Gasteiger partial charge in [-0.15, -0.1) is 0 Å². The van der Waals surface area contributed by atoms with Gasteiger partial charge in [-0.25, -0.2) is 4.79 Å². The SMILES string of the molecule is O=C(O)C1=C(O)C(CC(=O)c2ccccc2)N=C1. The second-order valence-corrected chi connectivity index (χ2v) is 3.89. The number of aliphatic carboxylic acids is 1. The Morgan fingerprint density at radius 1 is 1.22 bits per heavy atom. The van der Waals surface area contributed by atoms with Gasteiger partial charge in [-0.05, 0) is 0 Å². The number of hydrogen-bond donors (Lipinski definition) is 2. The van der Waals surface area contributed by atoms with E-state index in [4.69, 9.17) is 5.11 Å². The van der Waals surface area contributed by atoms with Crippen LogP contribution in [0.2, 0.25) is 0 Å². The van der Waals surface area contributed by atoms with Gasteiger partial charge in [0.2, 0.25) is 0 Å². The fourth-order valence-corrected chi connectivity index (χ4v) is 1.71. The molecule has 2 rings (SSSR count). The van der Waals surface area contributed by atoms with Gasteiger partial charge in [0.25, 0.3) is 0 Å². The maximum Gasteiger partial charge on any atom is 0.340 e. The number of Topliss-reactive ketones (excluding diaryl/α,β-unsaturated/α-hetero) is 1. The molecule has 1 atom stereocenters. The van der Waals surface area contributed by atoms with Gasteiger partial charge in [0.15, 0.2) is 5.78 Å². The van der Waals surface area contributed by atoms with Crippen LogP contribution in [0.25, 0.3) is 0 Å². The first-order chi connectivity index (χ1) is 8.59. The summed E-state index contributed by atoms with van der Waals surface area (Å²) in [5, 5.41) is 18.4. The monoisotopic (exact) mass is 245 g/mol. The fourth-order valence-electron chi connectivity index (χ4n) is 1.71. The van der Waals surface area contributed by atoms with Crippen LogP contribution < -0.4 is 0 Å². The molecule has 0 radical (unpaired) electrons. The Morgan fingerprint density at radius 3 is 2.44 bits per heavy atom. The maximum atomic E-state index is 11.9. The number of carbonyl (C=O) groups is 2. The minimum Gasteiger partial charge on any atom is -0.509 e. The van der Waals surface area contributed by atoms with E-state index in [-0.39, 0.29) is 23.5 Å². The van der Waals surface area contributed by atoms with E-state index in [1.54, 1.807) is 30.3 Å². The van der Waals surface area contributed by atoms with E-state index in [0.717, 1.165) is 6.21 Å². The highest BCUT2D eigenvalue weighted by atomic mass is 16.4. The van der Waals surface area contributed by atoms with Crippen LogP contribution in [-0.2, 0) is 4.79 Å². The molecule has 0 saturated heterocycles. The van der Waals surface area contributed by atoms with Crippen molar-refractivity contribution in [3.63, 3.8) is 0 Å². The molecule has 2 N–H and O–H groups in total. The molecule has 1 heterocycles. The molecular formula is C13H11NO4. The Morgan fingerprint density at radius 2 is 1.89 bits per heavy atom. The van der Waals surface area contributed by atoms with E-state index >= 15 is 0 Å². The summed E-state index contributed by atoms with van der Waals surface area (Å²) in [5.41, 5.74) is 0.269. The number of aliphatic hydroxyl groups is 1. The molecule has 5 nitrogen and oxygen atoms in total. The van der Waals surface area contributed by atoms with Crippen molar-refractivity contribution in [2.24, 2.45) is 4.99 Å². The highest BCUT2D eigenvalue weighted by Crippen LogP contribution is 2.20. The van der Waals surface area contributed by atoms with E-state index < -0.39 is 12.0 Å². The van der Waals surface area contributed by atoms with Crippen molar-refractivity contribution in [3.05, 3.63) is 47.2 Å².